The maximum absolute atomic E-state index is 14.4. The Kier molecular flexibility index (Phi) is 3.86. The highest BCUT2D eigenvalue weighted by molar-refractivity contribution is 5.73. The van der Waals surface area contributed by atoms with Crippen LogP contribution in [0.5, 0.6) is 0 Å². The molecule has 1 aromatic carbocycles. The van der Waals surface area contributed by atoms with Crippen LogP contribution in [-0.2, 0) is 15.0 Å². The van der Waals surface area contributed by atoms with Gasteiger partial charge in [0.05, 0.1) is 23.6 Å². The molecule has 1 aromatic rings. The highest BCUT2D eigenvalue weighted by Crippen LogP contribution is 2.51. The second kappa shape index (κ2) is 5.55. The van der Waals surface area contributed by atoms with Gasteiger partial charge < -0.3 is 15.2 Å². The molecule has 4 unspecified atom stereocenters. The number of ether oxygens (including phenoxy) is 2. The Hall–Kier alpha value is -2.43. The van der Waals surface area contributed by atoms with Crippen molar-refractivity contribution < 1.29 is 32.0 Å². The molecule has 0 spiro atoms. The number of non-ortho nitro benzene ring substituents is 1. The summed E-state index contributed by atoms with van der Waals surface area (Å²) in [5.41, 5.74) is 2.69. The van der Waals surface area contributed by atoms with Crippen molar-refractivity contribution in [3.8, 4) is 0 Å². The number of amidine groups is 1. The molecule has 4 atom stereocenters. The quantitative estimate of drug-likeness (QED) is 0.493. The lowest BCUT2D eigenvalue weighted by Crippen LogP contribution is -2.55. The first kappa shape index (κ1) is 17.4. The van der Waals surface area contributed by atoms with Gasteiger partial charge in [0, 0.05) is 17.7 Å². The summed E-state index contributed by atoms with van der Waals surface area (Å²) in [4.78, 5) is 14.1. The molecule has 0 saturated carbocycles. The van der Waals surface area contributed by atoms with Crippen molar-refractivity contribution in [2.75, 3.05) is 6.61 Å². The van der Waals surface area contributed by atoms with Crippen molar-refractivity contribution in [1.29, 1.82) is 0 Å². The predicted octanol–water partition coefficient (Wildman–Crippen LogP) is 2.24. The summed E-state index contributed by atoms with van der Waals surface area (Å²) in [6, 6.07) is 1.81. The summed E-state index contributed by atoms with van der Waals surface area (Å²) in [7, 11) is 0. The summed E-state index contributed by atoms with van der Waals surface area (Å²) in [6.07, 6.45) is -8.17. The number of halogens is 4. The minimum Gasteiger partial charge on any atom is -0.452 e. The van der Waals surface area contributed by atoms with Crippen molar-refractivity contribution in [2.45, 2.75) is 30.8 Å². The van der Waals surface area contributed by atoms with Crippen molar-refractivity contribution >= 4 is 11.7 Å². The third-order valence-electron chi connectivity index (χ3n) is 4.46. The Bertz CT molecular complexity index is 754. The molecule has 3 rings (SSSR count). The molecule has 2 N–H and O–H groups in total. The maximum Gasteiger partial charge on any atom is 0.426 e. The van der Waals surface area contributed by atoms with E-state index < -0.39 is 58.9 Å². The molecule has 136 valence electrons. The van der Waals surface area contributed by atoms with Gasteiger partial charge in [0.15, 0.2) is 0 Å². The van der Waals surface area contributed by atoms with E-state index >= 15 is 0 Å². The standard InChI is InChI=1S/C14H13F4N3O4/c1-6-10-11(14(16,17)18)25-12(19)20-13(10,5-24-6)8-4-7(21(22)23)2-3-9(8)15/h2-4,6,10-11H,5H2,1H3,(H2,19,20). The van der Waals surface area contributed by atoms with Crippen molar-refractivity contribution in [3.63, 3.8) is 0 Å². The number of fused-ring (bicyclic) bond motifs is 1. The van der Waals surface area contributed by atoms with Crippen LogP contribution in [0.1, 0.15) is 12.5 Å². The molecule has 0 radical (unpaired) electrons. The zero-order chi connectivity index (χ0) is 18.6. The largest absolute Gasteiger partial charge is 0.452 e. The highest BCUT2D eigenvalue weighted by atomic mass is 19.4. The van der Waals surface area contributed by atoms with Crippen LogP contribution in [0, 0.1) is 21.8 Å². The van der Waals surface area contributed by atoms with E-state index in [-0.39, 0.29) is 5.56 Å². The number of nitrogens with two attached hydrogens (primary N) is 1. The Balaban J connectivity index is 2.23. The van der Waals surface area contributed by atoms with Gasteiger partial charge in [-0.3, -0.25) is 10.1 Å². The number of nitrogens with zero attached hydrogens (tertiary/aromatic N) is 2. The monoisotopic (exact) mass is 363 g/mol. The number of alkyl halides is 3. The van der Waals surface area contributed by atoms with Gasteiger partial charge in [-0.15, -0.1) is 0 Å². The normalized spacial score (nSPS) is 31.9. The average molecular weight is 363 g/mol. The van der Waals surface area contributed by atoms with Gasteiger partial charge in [-0.05, 0) is 13.0 Å². The molecule has 7 nitrogen and oxygen atoms in total. The Morgan fingerprint density at radius 3 is 2.72 bits per heavy atom. The first-order chi connectivity index (χ1) is 11.6. The van der Waals surface area contributed by atoms with Crippen LogP contribution in [0.25, 0.3) is 0 Å². The molecule has 0 bridgehead atoms. The minimum atomic E-state index is -4.81. The zero-order valence-corrected chi connectivity index (χ0v) is 12.8. The zero-order valence-electron chi connectivity index (χ0n) is 12.8. The Morgan fingerprint density at radius 2 is 2.12 bits per heavy atom. The Labute approximate surface area is 138 Å². The molecule has 11 heteroatoms. The van der Waals surface area contributed by atoms with Crippen LogP contribution in [0.2, 0.25) is 0 Å². The third kappa shape index (κ3) is 2.68. The number of benzene rings is 1. The molecule has 0 aliphatic carbocycles. The predicted molar refractivity (Wildman–Crippen MR) is 76.2 cm³/mol. The fraction of sp³-hybridized carbons (Fsp3) is 0.500. The molecule has 2 aliphatic heterocycles. The maximum atomic E-state index is 14.4. The van der Waals surface area contributed by atoms with E-state index in [2.05, 4.69) is 9.73 Å². The summed E-state index contributed by atoms with van der Waals surface area (Å²) >= 11 is 0. The highest BCUT2D eigenvalue weighted by Gasteiger charge is 2.64. The number of nitro groups is 1. The fourth-order valence-electron chi connectivity index (χ4n) is 3.42. The van der Waals surface area contributed by atoms with Crippen molar-refractivity contribution in [2.24, 2.45) is 16.6 Å². The van der Waals surface area contributed by atoms with Gasteiger partial charge in [0.1, 0.15) is 11.4 Å². The van der Waals surface area contributed by atoms with E-state index in [0.29, 0.717) is 0 Å². The van der Waals surface area contributed by atoms with E-state index in [1.807, 2.05) is 0 Å². The number of nitro benzene ring substituents is 1. The summed E-state index contributed by atoms with van der Waals surface area (Å²) < 4.78 is 64.7. The van der Waals surface area contributed by atoms with Crippen LogP contribution in [-0.4, -0.2) is 35.9 Å². The second-order valence-corrected chi connectivity index (χ2v) is 5.92. The number of aliphatic imine (C=N–C) groups is 1. The molecular formula is C14H13F4N3O4. The molecule has 1 saturated heterocycles. The van der Waals surface area contributed by atoms with Crippen LogP contribution in [0.4, 0.5) is 23.2 Å². The topological polar surface area (TPSA) is 100.0 Å². The van der Waals surface area contributed by atoms with Gasteiger partial charge >= 0.3 is 6.18 Å². The number of rotatable bonds is 2. The molecule has 2 aliphatic rings. The minimum absolute atomic E-state index is 0.378. The van der Waals surface area contributed by atoms with Gasteiger partial charge in [-0.25, -0.2) is 9.38 Å². The lowest BCUT2D eigenvalue weighted by molar-refractivity contribution is -0.385. The first-order valence-corrected chi connectivity index (χ1v) is 7.21. The molecule has 25 heavy (non-hydrogen) atoms. The van der Waals surface area contributed by atoms with Crippen LogP contribution in [0.15, 0.2) is 23.2 Å². The van der Waals surface area contributed by atoms with E-state index in [1.165, 1.54) is 6.92 Å². The van der Waals surface area contributed by atoms with Crippen LogP contribution in [0.3, 0.4) is 0 Å². The van der Waals surface area contributed by atoms with E-state index in [0.717, 1.165) is 18.2 Å². The third-order valence-corrected chi connectivity index (χ3v) is 4.46. The molecular weight excluding hydrogens is 350 g/mol. The summed E-state index contributed by atoms with van der Waals surface area (Å²) in [5, 5.41) is 11.0. The van der Waals surface area contributed by atoms with Gasteiger partial charge in [0.25, 0.3) is 11.7 Å². The van der Waals surface area contributed by atoms with E-state index in [4.69, 9.17) is 10.5 Å². The lowest BCUT2D eigenvalue weighted by atomic mass is 9.74. The summed E-state index contributed by atoms with van der Waals surface area (Å²) in [6.45, 7) is 0.967. The van der Waals surface area contributed by atoms with Crippen molar-refractivity contribution in [1.82, 2.24) is 0 Å². The van der Waals surface area contributed by atoms with Crippen LogP contribution >= 0.6 is 0 Å². The van der Waals surface area contributed by atoms with Crippen molar-refractivity contribution in [3.05, 3.63) is 39.7 Å². The number of hydrogen-bond donors (Lipinski definition) is 1. The van der Waals surface area contributed by atoms with Gasteiger partial charge in [0.2, 0.25) is 6.10 Å². The van der Waals surface area contributed by atoms with Crippen LogP contribution < -0.4 is 5.73 Å². The fourth-order valence-corrected chi connectivity index (χ4v) is 3.42. The van der Waals surface area contributed by atoms with Gasteiger partial charge in [-0.2, -0.15) is 13.2 Å². The molecule has 1 fully saturated rings. The average Bonchev–Trinajstić information content (AvgIpc) is 2.83. The summed E-state index contributed by atoms with van der Waals surface area (Å²) in [5.74, 6) is -2.39. The number of hydrogen-bond acceptors (Lipinski definition) is 6. The van der Waals surface area contributed by atoms with Gasteiger partial charge in [-0.1, -0.05) is 0 Å². The second-order valence-electron chi connectivity index (χ2n) is 5.92. The Morgan fingerprint density at radius 1 is 1.44 bits per heavy atom. The van der Waals surface area contributed by atoms with E-state index in [9.17, 15) is 27.7 Å². The lowest BCUT2D eigenvalue weighted by Gasteiger charge is -2.41. The SMILES string of the molecule is CC1OCC2(c3cc([N+](=O)[O-])ccc3F)N=C(N)OC(C(F)(F)F)C12. The first-order valence-electron chi connectivity index (χ1n) is 7.21. The molecule has 0 aromatic heterocycles. The smallest absolute Gasteiger partial charge is 0.426 e. The van der Waals surface area contributed by atoms with E-state index in [1.54, 1.807) is 0 Å². The molecule has 2 heterocycles. The molecule has 0 amide bonds.